The zero-order chi connectivity index (χ0) is 16.4. The van der Waals surface area contributed by atoms with Crippen LogP contribution in [0.5, 0.6) is 0 Å². The summed E-state index contributed by atoms with van der Waals surface area (Å²) in [4.78, 5) is 4.30. The Bertz CT molecular complexity index is 634. The van der Waals surface area contributed by atoms with Crippen LogP contribution in [0.3, 0.4) is 0 Å². The Morgan fingerprint density at radius 1 is 0.909 bits per heavy atom. The molecule has 1 heteroatoms. The summed E-state index contributed by atoms with van der Waals surface area (Å²) in [5.74, 6) is 0. The molecule has 0 bridgehead atoms. The topological polar surface area (TPSA) is 12.9 Å². The van der Waals surface area contributed by atoms with Crippen molar-refractivity contribution in [1.29, 1.82) is 0 Å². The molecule has 2 aromatic rings. The molecule has 0 N–H and O–H groups in total. The summed E-state index contributed by atoms with van der Waals surface area (Å²) in [5, 5.41) is 0. The summed E-state index contributed by atoms with van der Waals surface area (Å²) >= 11 is 0. The monoisotopic (exact) mass is 291 g/mol. The van der Waals surface area contributed by atoms with E-state index in [1.54, 1.807) is 6.20 Å². The first-order valence-electron chi connectivity index (χ1n) is 7.69. The molecule has 2 rings (SSSR count). The summed E-state index contributed by atoms with van der Waals surface area (Å²) in [7, 11) is 0. The van der Waals surface area contributed by atoms with Gasteiger partial charge in [0.05, 0.1) is 5.69 Å². The Morgan fingerprint density at radius 3 is 2.14 bits per heavy atom. The van der Waals surface area contributed by atoms with Crippen LogP contribution in [0.4, 0.5) is 0 Å². The van der Waals surface area contributed by atoms with Crippen molar-refractivity contribution in [3.05, 3.63) is 90.3 Å². The average molecular weight is 291 g/mol. The quantitative estimate of drug-likeness (QED) is 0.614. The van der Waals surface area contributed by atoms with Gasteiger partial charge in [0.15, 0.2) is 0 Å². The third-order valence-corrected chi connectivity index (χ3v) is 3.07. The van der Waals surface area contributed by atoms with Crippen molar-refractivity contribution in [2.24, 2.45) is 0 Å². The van der Waals surface area contributed by atoms with Gasteiger partial charge in [-0.25, -0.2) is 0 Å². The maximum absolute atomic E-state index is 4.30. The largest absolute Gasteiger partial charge is 0.256 e. The van der Waals surface area contributed by atoms with Crippen molar-refractivity contribution in [2.45, 2.75) is 27.7 Å². The van der Waals surface area contributed by atoms with Crippen molar-refractivity contribution in [3.63, 3.8) is 0 Å². The minimum atomic E-state index is 0.914. The number of nitrogens with zero attached hydrogens (tertiary/aromatic N) is 1. The Labute approximate surface area is 134 Å². The molecule has 0 fully saturated rings. The lowest BCUT2D eigenvalue weighted by Gasteiger charge is -2.03. The molecule has 1 aromatic heterocycles. The predicted octanol–water partition coefficient (Wildman–Crippen LogP) is 6.17. The Morgan fingerprint density at radius 2 is 1.55 bits per heavy atom. The molecule has 22 heavy (non-hydrogen) atoms. The van der Waals surface area contributed by atoms with Crippen LogP contribution in [0.25, 0.3) is 11.1 Å². The van der Waals surface area contributed by atoms with Gasteiger partial charge in [0.2, 0.25) is 0 Å². The molecule has 0 spiro atoms. The van der Waals surface area contributed by atoms with E-state index < -0.39 is 0 Å². The molecule has 0 amide bonds. The van der Waals surface area contributed by atoms with Gasteiger partial charge in [-0.2, -0.15) is 0 Å². The molecule has 0 saturated carbocycles. The molecule has 0 saturated heterocycles. The van der Waals surface area contributed by atoms with Crippen molar-refractivity contribution in [3.8, 4) is 0 Å². The zero-order valence-corrected chi connectivity index (χ0v) is 14.0. The molecule has 0 atom stereocenters. The zero-order valence-electron chi connectivity index (χ0n) is 14.0. The van der Waals surface area contributed by atoms with Crippen LogP contribution in [0.1, 0.15) is 39.0 Å². The van der Waals surface area contributed by atoms with E-state index in [9.17, 15) is 0 Å². The van der Waals surface area contributed by atoms with Gasteiger partial charge in [-0.05, 0) is 42.7 Å². The third kappa shape index (κ3) is 5.53. The predicted molar refractivity (Wildman–Crippen MR) is 98.5 cm³/mol. The first-order valence-corrected chi connectivity index (χ1v) is 7.69. The lowest BCUT2D eigenvalue weighted by molar-refractivity contribution is 1.28. The number of hydrogen-bond acceptors (Lipinski definition) is 1. The van der Waals surface area contributed by atoms with Crippen LogP contribution >= 0.6 is 0 Å². The van der Waals surface area contributed by atoms with E-state index in [1.807, 2.05) is 38.1 Å². The normalized spacial score (nSPS) is 11.5. The molecular weight excluding hydrogens is 266 g/mol. The molecular formula is C21H25N. The summed E-state index contributed by atoms with van der Waals surface area (Å²) in [6.07, 6.45) is 6.02. The molecule has 1 aromatic carbocycles. The van der Waals surface area contributed by atoms with Crippen molar-refractivity contribution >= 4 is 11.1 Å². The lowest BCUT2D eigenvalue weighted by Crippen LogP contribution is -1.85. The Hall–Kier alpha value is -2.41. The molecule has 114 valence electrons. The van der Waals surface area contributed by atoms with E-state index in [-0.39, 0.29) is 0 Å². The van der Waals surface area contributed by atoms with Crippen molar-refractivity contribution < 1.29 is 0 Å². The minimum Gasteiger partial charge on any atom is -0.256 e. The average Bonchev–Trinajstić information content (AvgIpc) is 2.58. The molecule has 0 unspecified atom stereocenters. The maximum Gasteiger partial charge on any atom is 0.0696 e. The fraction of sp³-hybridized carbons (Fsp3) is 0.190. The third-order valence-electron chi connectivity index (χ3n) is 3.07. The van der Waals surface area contributed by atoms with Gasteiger partial charge in [-0.3, -0.25) is 4.98 Å². The fourth-order valence-corrected chi connectivity index (χ4v) is 2.07. The highest BCUT2D eigenvalue weighted by Crippen LogP contribution is 2.18. The van der Waals surface area contributed by atoms with Gasteiger partial charge in [0.1, 0.15) is 0 Å². The van der Waals surface area contributed by atoms with Gasteiger partial charge in [-0.1, -0.05) is 74.5 Å². The highest BCUT2D eigenvalue weighted by Gasteiger charge is 1.98. The molecule has 0 aliphatic rings. The SMILES string of the molecule is C=C(/C=C(C)\C=C(/C)c1ccccc1)c1ccccn1.CC. The van der Waals surface area contributed by atoms with E-state index >= 15 is 0 Å². The number of hydrogen-bond donors (Lipinski definition) is 0. The molecule has 0 radical (unpaired) electrons. The summed E-state index contributed by atoms with van der Waals surface area (Å²) in [6, 6.07) is 16.2. The first-order chi connectivity index (χ1) is 10.7. The Balaban J connectivity index is 0.00000116. The fourth-order valence-electron chi connectivity index (χ4n) is 2.07. The van der Waals surface area contributed by atoms with Crippen molar-refractivity contribution in [1.82, 2.24) is 4.98 Å². The number of pyridine rings is 1. The molecule has 0 aliphatic heterocycles. The number of benzene rings is 1. The van der Waals surface area contributed by atoms with Gasteiger partial charge in [0, 0.05) is 6.20 Å². The lowest BCUT2D eigenvalue weighted by atomic mass is 10.0. The first kappa shape index (κ1) is 17.6. The second kappa shape index (κ2) is 9.51. The second-order valence-electron chi connectivity index (χ2n) is 4.82. The Kier molecular flexibility index (Phi) is 7.63. The van der Waals surface area contributed by atoms with E-state index in [2.05, 4.69) is 61.8 Å². The molecule has 0 aliphatic carbocycles. The van der Waals surface area contributed by atoms with Crippen LogP contribution in [-0.4, -0.2) is 4.98 Å². The summed E-state index contributed by atoms with van der Waals surface area (Å²) in [6.45, 7) is 12.3. The van der Waals surface area contributed by atoms with Gasteiger partial charge in [-0.15, -0.1) is 0 Å². The van der Waals surface area contributed by atoms with Crippen LogP contribution in [0.2, 0.25) is 0 Å². The highest BCUT2D eigenvalue weighted by molar-refractivity contribution is 5.73. The van der Waals surface area contributed by atoms with E-state index in [0.717, 1.165) is 11.3 Å². The number of allylic oxidation sites excluding steroid dienone is 5. The van der Waals surface area contributed by atoms with E-state index in [4.69, 9.17) is 0 Å². The standard InChI is InChI=1S/C19H19N.C2H6/c1-15(13-16(2)18-9-5-4-6-10-18)14-17(3)19-11-7-8-12-20-19;1-2/h4-14H,3H2,1-2H3;1-2H3/b15-14-,16-13+;. The van der Waals surface area contributed by atoms with Crippen LogP contribution in [-0.2, 0) is 0 Å². The van der Waals surface area contributed by atoms with Crippen LogP contribution in [0.15, 0.2) is 79.0 Å². The maximum atomic E-state index is 4.30. The number of rotatable bonds is 4. The van der Waals surface area contributed by atoms with E-state index in [0.29, 0.717) is 0 Å². The number of aromatic nitrogens is 1. The summed E-state index contributed by atoms with van der Waals surface area (Å²) in [5.41, 5.74) is 5.50. The van der Waals surface area contributed by atoms with E-state index in [1.165, 1.54) is 16.7 Å². The molecule has 1 nitrogen and oxygen atoms in total. The van der Waals surface area contributed by atoms with Crippen molar-refractivity contribution in [2.75, 3.05) is 0 Å². The highest BCUT2D eigenvalue weighted by atomic mass is 14.7. The van der Waals surface area contributed by atoms with Gasteiger partial charge in [0.25, 0.3) is 0 Å². The smallest absolute Gasteiger partial charge is 0.0696 e. The van der Waals surface area contributed by atoms with Crippen LogP contribution in [0, 0.1) is 0 Å². The van der Waals surface area contributed by atoms with Crippen LogP contribution < -0.4 is 0 Å². The second-order valence-corrected chi connectivity index (χ2v) is 4.82. The van der Waals surface area contributed by atoms with Gasteiger partial charge < -0.3 is 0 Å². The summed E-state index contributed by atoms with van der Waals surface area (Å²) < 4.78 is 0. The van der Waals surface area contributed by atoms with Gasteiger partial charge >= 0.3 is 0 Å². The molecule has 1 heterocycles. The minimum absolute atomic E-state index is 0.914.